The van der Waals surface area contributed by atoms with Crippen molar-refractivity contribution in [1.29, 1.82) is 0 Å². The fourth-order valence-corrected chi connectivity index (χ4v) is 1.38. The smallest absolute Gasteiger partial charge is 0.303 e. The Labute approximate surface area is 114 Å². The van der Waals surface area contributed by atoms with E-state index in [0.717, 1.165) is 10.0 Å². The van der Waals surface area contributed by atoms with Crippen LogP contribution in [-0.4, -0.2) is 32.2 Å². The van der Waals surface area contributed by atoms with E-state index in [2.05, 4.69) is 33.3 Å². The first kappa shape index (κ1) is 15.4. The number of hydrogen-bond acceptors (Lipinski definition) is 1. The summed E-state index contributed by atoms with van der Waals surface area (Å²) in [6.07, 6.45) is 0.795. The van der Waals surface area contributed by atoms with Gasteiger partial charge in [-0.25, -0.2) is 0 Å². The lowest BCUT2D eigenvalue weighted by Gasteiger charge is -2.23. The second-order valence-electron chi connectivity index (χ2n) is 4.58. The van der Waals surface area contributed by atoms with Gasteiger partial charge in [0.2, 0.25) is 0 Å². The molecule has 0 saturated heterocycles. The molecule has 0 unspecified atom stereocenters. The number of quaternary nitrogens is 1. The second kappa shape index (κ2) is 6.20. The average molecular weight is 335 g/mol. The fourth-order valence-electron chi connectivity index (χ4n) is 1.38. The van der Waals surface area contributed by atoms with E-state index in [-0.39, 0.29) is 30.4 Å². The Hall–Kier alpha value is -0.620. The quantitative estimate of drug-likeness (QED) is 0.561. The molecule has 0 radical (unpaired) electrons. The molecule has 16 heavy (non-hydrogen) atoms. The van der Waals surface area contributed by atoms with Crippen molar-refractivity contribution in [1.82, 2.24) is 4.48 Å². The van der Waals surface area contributed by atoms with E-state index in [4.69, 9.17) is 5.11 Å². The minimum atomic E-state index is -0.745. The molecule has 0 amide bonds. The van der Waals surface area contributed by atoms with Gasteiger partial charge in [0.1, 0.15) is 5.69 Å². The van der Waals surface area contributed by atoms with Crippen LogP contribution in [-0.2, 0) is 11.2 Å². The molecule has 0 spiro atoms. The fraction of sp³-hybridized carbons (Fsp3) is 0.417. The topological polar surface area (TPSA) is 37.3 Å². The molecule has 1 rings (SSSR count). The zero-order chi connectivity index (χ0) is 11.5. The number of rotatable bonds is 4. The largest absolute Gasteiger partial charge is 1.00 e. The number of hydrogen-bond donors (Lipinski definition) is 1. The number of aliphatic carboxylic acids is 1. The molecular weight excluding hydrogens is 317 g/mol. The summed E-state index contributed by atoms with van der Waals surface area (Å²) in [6.45, 7) is 0. The maximum atomic E-state index is 10.5. The van der Waals surface area contributed by atoms with Crippen molar-refractivity contribution >= 4 is 11.7 Å². The highest BCUT2D eigenvalue weighted by molar-refractivity contribution is 5.67. The molecule has 4 heteroatoms. The monoisotopic (exact) mass is 335 g/mol. The van der Waals surface area contributed by atoms with Crippen LogP contribution in [0.2, 0.25) is 0 Å². The molecule has 1 aromatic carbocycles. The molecule has 0 bridgehead atoms. The van der Waals surface area contributed by atoms with Gasteiger partial charge in [-0.05, 0) is 18.1 Å². The summed E-state index contributed by atoms with van der Waals surface area (Å²) in [7, 11) is 6.28. The number of carboxylic acid groups (broad SMARTS) is 1. The van der Waals surface area contributed by atoms with Gasteiger partial charge >= 0.3 is 5.97 Å². The number of carboxylic acids is 1. The molecule has 0 aromatic heterocycles. The lowest BCUT2D eigenvalue weighted by molar-refractivity contribution is -0.136. The lowest BCUT2D eigenvalue weighted by atomic mass is 10.1. The van der Waals surface area contributed by atoms with Crippen LogP contribution >= 0.6 is 0 Å². The van der Waals surface area contributed by atoms with Crippen molar-refractivity contribution in [3.8, 4) is 0 Å². The third-order valence-electron chi connectivity index (χ3n) is 2.31. The first-order valence-electron chi connectivity index (χ1n) is 5.02. The molecule has 0 fully saturated rings. The zero-order valence-electron chi connectivity index (χ0n) is 9.90. The van der Waals surface area contributed by atoms with E-state index in [1.807, 2.05) is 12.1 Å². The van der Waals surface area contributed by atoms with Gasteiger partial charge in [0.25, 0.3) is 0 Å². The summed E-state index contributed by atoms with van der Waals surface area (Å²) in [6, 6.07) is 8.09. The number of aryl methyl sites for hydroxylation is 1. The third-order valence-corrected chi connectivity index (χ3v) is 2.31. The molecule has 0 heterocycles. The maximum Gasteiger partial charge on any atom is 0.303 e. The Balaban J connectivity index is 0.00000225. The van der Waals surface area contributed by atoms with Gasteiger partial charge in [0, 0.05) is 12.5 Å². The Bertz CT molecular complexity index is 358. The molecule has 0 aliphatic carbocycles. The third kappa shape index (κ3) is 4.94. The summed E-state index contributed by atoms with van der Waals surface area (Å²) < 4.78 is 0.751. The van der Waals surface area contributed by atoms with E-state index in [1.54, 1.807) is 0 Å². The molecule has 1 aromatic rings. The number of carbonyl (C=O) groups is 1. The SMILES string of the molecule is C[N+](C)(C)c1cccc(CCC(=O)O)c1.[I-]. The summed E-state index contributed by atoms with van der Waals surface area (Å²) in [5.74, 6) is -0.745. The van der Waals surface area contributed by atoms with Crippen LogP contribution in [0.3, 0.4) is 0 Å². The normalized spacial score (nSPS) is 10.7. The van der Waals surface area contributed by atoms with E-state index in [9.17, 15) is 4.79 Å². The van der Waals surface area contributed by atoms with Gasteiger partial charge in [0.05, 0.1) is 21.1 Å². The average Bonchev–Trinajstić information content (AvgIpc) is 2.14. The highest BCUT2D eigenvalue weighted by Gasteiger charge is 2.12. The van der Waals surface area contributed by atoms with Gasteiger partial charge in [-0.2, -0.15) is 0 Å². The van der Waals surface area contributed by atoms with Crippen molar-refractivity contribution in [3.63, 3.8) is 0 Å². The molecule has 0 saturated carbocycles. The number of benzene rings is 1. The highest BCUT2D eigenvalue weighted by Crippen LogP contribution is 2.18. The lowest BCUT2D eigenvalue weighted by Crippen LogP contribution is -3.00. The molecule has 1 N–H and O–H groups in total. The molecular formula is C12H18INO2. The Morgan fingerprint density at radius 3 is 2.44 bits per heavy atom. The van der Waals surface area contributed by atoms with Crippen LogP contribution in [0, 0.1) is 0 Å². The van der Waals surface area contributed by atoms with Gasteiger partial charge in [-0.3, -0.25) is 9.28 Å². The predicted molar refractivity (Wildman–Crippen MR) is 62.0 cm³/mol. The van der Waals surface area contributed by atoms with E-state index < -0.39 is 5.97 Å². The summed E-state index contributed by atoms with van der Waals surface area (Å²) in [5, 5.41) is 8.60. The van der Waals surface area contributed by atoms with Crippen LogP contribution in [0.25, 0.3) is 0 Å². The second-order valence-corrected chi connectivity index (χ2v) is 4.58. The zero-order valence-corrected chi connectivity index (χ0v) is 12.1. The summed E-state index contributed by atoms with van der Waals surface area (Å²) in [4.78, 5) is 10.5. The van der Waals surface area contributed by atoms with E-state index in [1.165, 1.54) is 5.69 Å². The van der Waals surface area contributed by atoms with Gasteiger partial charge < -0.3 is 29.1 Å². The van der Waals surface area contributed by atoms with Crippen molar-refractivity contribution in [2.24, 2.45) is 0 Å². The van der Waals surface area contributed by atoms with Crippen molar-refractivity contribution in [2.45, 2.75) is 12.8 Å². The van der Waals surface area contributed by atoms with Gasteiger partial charge in [0.15, 0.2) is 0 Å². The predicted octanol–water partition coefficient (Wildman–Crippen LogP) is -1.10. The van der Waals surface area contributed by atoms with Gasteiger partial charge in [-0.15, -0.1) is 0 Å². The Morgan fingerprint density at radius 1 is 1.31 bits per heavy atom. The van der Waals surface area contributed by atoms with Gasteiger partial charge in [-0.1, -0.05) is 12.1 Å². The Kier molecular flexibility index (Phi) is 5.96. The van der Waals surface area contributed by atoms with Crippen LogP contribution in [0.15, 0.2) is 24.3 Å². The number of halogens is 1. The van der Waals surface area contributed by atoms with Crippen molar-refractivity contribution in [3.05, 3.63) is 29.8 Å². The molecule has 90 valence electrons. The van der Waals surface area contributed by atoms with Crippen LogP contribution in [0.5, 0.6) is 0 Å². The van der Waals surface area contributed by atoms with E-state index in [0.29, 0.717) is 6.42 Å². The summed E-state index contributed by atoms with van der Waals surface area (Å²) in [5.41, 5.74) is 2.28. The van der Waals surface area contributed by atoms with Crippen LogP contribution < -0.4 is 28.5 Å². The summed E-state index contributed by atoms with van der Waals surface area (Å²) >= 11 is 0. The molecule has 3 nitrogen and oxygen atoms in total. The maximum absolute atomic E-state index is 10.5. The first-order chi connectivity index (χ1) is 6.89. The number of nitrogens with zero attached hydrogens (tertiary/aromatic N) is 1. The van der Waals surface area contributed by atoms with Crippen molar-refractivity contribution in [2.75, 3.05) is 21.1 Å². The standard InChI is InChI=1S/C12H17NO2.HI/c1-13(2,3)11-6-4-5-10(9-11)7-8-12(14)15;/h4-6,9H,7-8H2,1-3H3;1H. The Morgan fingerprint density at radius 2 is 1.94 bits per heavy atom. The minimum Gasteiger partial charge on any atom is -1.00 e. The first-order valence-corrected chi connectivity index (χ1v) is 5.02. The molecule has 0 aliphatic rings. The van der Waals surface area contributed by atoms with E-state index >= 15 is 0 Å². The van der Waals surface area contributed by atoms with Crippen LogP contribution in [0.1, 0.15) is 12.0 Å². The highest BCUT2D eigenvalue weighted by atomic mass is 127. The molecule has 0 aliphatic heterocycles. The molecule has 0 atom stereocenters. The van der Waals surface area contributed by atoms with Crippen LogP contribution in [0.4, 0.5) is 5.69 Å². The minimum absolute atomic E-state index is 0. The van der Waals surface area contributed by atoms with Crippen molar-refractivity contribution < 1.29 is 33.9 Å².